The predicted octanol–water partition coefficient (Wildman–Crippen LogP) is 1.78. The topological polar surface area (TPSA) is 145 Å². The average molecular weight is 336 g/mol. The van der Waals surface area contributed by atoms with E-state index in [9.17, 15) is 19.8 Å². The van der Waals surface area contributed by atoms with Crippen molar-refractivity contribution in [3.8, 4) is 11.5 Å². The fourth-order valence-electron chi connectivity index (χ4n) is 1.87. The highest BCUT2D eigenvalue weighted by molar-refractivity contribution is 5.77. The first kappa shape index (κ1) is 19.1. The summed E-state index contributed by atoms with van der Waals surface area (Å²) in [5, 5.41) is 24.5. The van der Waals surface area contributed by atoms with Gasteiger partial charge in [-0.2, -0.15) is 0 Å². The smallest absolute Gasteiger partial charge is 0.305 e. The van der Waals surface area contributed by atoms with Crippen molar-refractivity contribution in [2.75, 3.05) is 19.7 Å². The van der Waals surface area contributed by atoms with Crippen LogP contribution >= 0.6 is 0 Å². The van der Waals surface area contributed by atoms with Crippen LogP contribution in [0.15, 0.2) is 23.3 Å². The van der Waals surface area contributed by atoms with Crippen molar-refractivity contribution in [3.05, 3.63) is 34.2 Å². The monoisotopic (exact) mass is 336 g/mol. The molecule has 1 aromatic rings. The molecular formula is C15H20N4O5. The number of nitrogens with zero attached hydrogens (tertiary/aromatic N) is 3. The number of nitrogens with one attached hydrogen (secondary N) is 1. The molecule has 0 spiro atoms. The van der Waals surface area contributed by atoms with Gasteiger partial charge in [0.05, 0.1) is 13.2 Å². The second kappa shape index (κ2) is 10.7. The Morgan fingerprint density at radius 3 is 2.75 bits per heavy atom. The molecule has 0 fully saturated rings. The molecule has 0 aliphatic carbocycles. The quantitative estimate of drug-likeness (QED) is 0.149. The SMILES string of the molecule is [N-]=[N+]=NCCOC(=O)CCCC(=O)NCCc1ccc(O)c(O)c1. The minimum Gasteiger partial charge on any atom is -0.504 e. The molecule has 0 aliphatic rings. The molecule has 0 aromatic heterocycles. The minimum absolute atomic E-state index is 0.0363. The zero-order valence-corrected chi connectivity index (χ0v) is 13.1. The summed E-state index contributed by atoms with van der Waals surface area (Å²) in [6.07, 6.45) is 1.20. The van der Waals surface area contributed by atoms with Crippen LogP contribution in [0.25, 0.3) is 10.4 Å². The van der Waals surface area contributed by atoms with E-state index in [0.29, 0.717) is 19.4 Å². The predicted molar refractivity (Wildman–Crippen MR) is 85.3 cm³/mol. The van der Waals surface area contributed by atoms with E-state index in [1.807, 2.05) is 0 Å². The number of rotatable bonds is 10. The highest BCUT2D eigenvalue weighted by Gasteiger charge is 2.06. The number of hydrogen-bond donors (Lipinski definition) is 3. The van der Waals surface area contributed by atoms with Gasteiger partial charge in [-0.05, 0) is 36.1 Å². The second-order valence-electron chi connectivity index (χ2n) is 4.95. The van der Waals surface area contributed by atoms with Crippen LogP contribution in [0.3, 0.4) is 0 Å². The standard InChI is InChI=1S/C15H20N4O5/c16-19-18-8-9-24-15(23)3-1-2-14(22)17-7-6-11-4-5-12(20)13(21)10-11/h4-5,10,20-21H,1-3,6-9H2,(H,17,22). The average Bonchev–Trinajstić information content (AvgIpc) is 2.55. The molecule has 1 aromatic carbocycles. The molecule has 0 aliphatic heterocycles. The van der Waals surface area contributed by atoms with Gasteiger partial charge in [0, 0.05) is 24.3 Å². The van der Waals surface area contributed by atoms with Gasteiger partial charge in [0.25, 0.3) is 0 Å². The van der Waals surface area contributed by atoms with Gasteiger partial charge in [-0.15, -0.1) is 0 Å². The third kappa shape index (κ3) is 7.90. The van der Waals surface area contributed by atoms with Crippen molar-refractivity contribution in [1.82, 2.24) is 5.32 Å². The largest absolute Gasteiger partial charge is 0.504 e. The lowest BCUT2D eigenvalue weighted by atomic mass is 10.1. The Hall–Kier alpha value is -2.93. The third-order valence-electron chi connectivity index (χ3n) is 3.08. The summed E-state index contributed by atoms with van der Waals surface area (Å²) >= 11 is 0. The number of aromatic hydroxyl groups is 2. The van der Waals surface area contributed by atoms with Crippen LogP contribution < -0.4 is 5.32 Å². The summed E-state index contributed by atoms with van der Waals surface area (Å²) in [6.45, 7) is 0.518. The Morgan fingerprint density at radius 2 is 2.04 bits per heavy atom. The van der Waals surface area contributed by atoms with Gasteiger partial charge in [-0.1, -0.05) is 11.2 Å². The minimum atomic E-state index is -0.435. The number of benzene rings is 1. The molecule has 0 bridgehead atoms. The lowest BCUT2D eigenvalue weighted by Gasteiger charge is -2.06. The number of carbonyl (C=O) groups is 2. The van der Waals surface area contributed by atoms with Gasteiger partial charge in [0.2, 0.25) is 5.91 Å². The van der Waals surface area contributed by atoms with Gasteiger partial charge < -0.3 is 20.3 Å². The molecule has 0 heterocycles. The van der Waals surface area contributed by atoms with Gasteiger partial charge in [-0.3, -0.25) is 9.59 Å². The van der Waals surface area contributed by atoms with Gasteiger partial charge >= 0.3 is 5.97 Å². The van der Waals surface area contributed by atoms with E-state index in [1.54, 1.807) is 6.07 Å². The molecule has 9 heteroatoms. The Bertz CT molecular complexity index is 614. The Labute approximate surface area is 138 Å². The number of esters is 1. The molecule has 9 nitrogen and oxygen atoms in total. The van der Waals surface area contributed by atoms with Gasteiger partial charge in [0.1, 0.15) is 0 Å². The van der Waals surface area contributed by atoms with E-state index in [0.717, 1.165) is 5.56 Å². The van der Waals surface area contributed by atoms with Crippen LogP contribution in [0.5, 0.6) is 11.5 Å². The van der Waals surface area contributed by atoms with Crippen LogP contribution in [-0.2, 0) is 20.7 Å². The van der Waals surface area contributed by atoms with Crippen molar-refractivity contribution in [3.63, 3.8) is 0 Å². The number of ether oxygens (including phenoxy) is 1. The molecule has 24 heavy (non-hydrogen) atoms. The van der Waals surface area contributed by atoms with Crippen molar-refractivity contribution in [2.45, 2.75) is 25.7 Å². The van der Waals surface area contributed by atoms with Gasteiger partial charge in [-0.25, -0.2) is 0 Å². The number of amides is 1. The van der Waals surface area contributed by atoms with Crippen molar-refractivity contribution in [2.24, 2.45) is 5.11 Å². The molecule has 1 amide bonds. The zero-order chi connectivity index (χ0) is 17.8. The van der Waals surface area contributed by atoms with Crippen LogP contribution in [0.2, 0.25) is 0 Å². The molecule has 1 rings (SSSR count). The zero-order valence-electron chi connectivity index (χ0n) is 13.1. The lowest BCUT2D eigenvalue weighted by Crippen LogP contribution is -2.25. The Morgan fingerprint density at radius 1 is 1.25 bits per heavy atom. The van der Waals surface area contributed by atoms with E-state index in [-0.39, 0.29) is 43.4 Å². The number of phenols is 2. The summed E-state index contributed by atoms with van der Waals surface area (Å²) in [7, 11) is 0. The first-order chi connectivity index (χ1) is 11.5. The van der Waals surface area contributed by atoms with Gasteiger partial charge in [0.15, 0.2) is 11.5 Å². The van der Waals surface area contributed by atoms with E-state index in [2.05, 4.69) is 15.3 Å². The summed E-state index contributed by atoms with van der Waals surface area (Å²) < 4.78 is 4.81. The fourth-order valence-corrected chi connectivity index (χ4v) is 1.87. The number of carbonyl (C=O) groups excluding carboxylic acids is 2. The van der Waals surface area contributed by atoms with Crippen LogP contribution in [0.1, 0.15) is 24.8 Å². The van der Waals surface area contributed by atoms with Crippen molar-refractivity contribution in [1.29, 1.82) is 0 Å². The summed E-state index contributed by atoms with van der Waals surface area (Å²) in [6, 6.07) is 4.49. The molecule has 0 saturated carbocycles. The first-order valence-corrected chi connectivity index (χ1v) is 7.47. The van der Waals surface area contributed by atoms with E-state index in [1.165, 1.54) is 12.1 Å². The number of azide groups is 1. The van der Waals surface area contributed by atoms with E-state index < -0.39 is 5.97 Å². The second-order valence-corrected chi connectivity index (χ2v) is 4.95. The van der Waals surface area contributed by atoms with Crippen LogP contribution in [-0.4, -0.2) is 41.8 Å². The Kier molecular flexibility index (Phi) is 8.55. The molecule has 0 unspecified atom stereocenters. The highest BCUT2D eigenvalue weighted by atomic mass is 16.5. The number of phenolic OH excluding ortho intramolecular Hbond substituents is 2. The van der Waals surface area contributed by atoms with E-state index >= 15 is 0 Å². The normalized spacial score (nSPS) is 9.83. The third-order valence-corrected chi connectivity index (χ3v) is 3.08. The van der Waals surface area contributed by atoms with Crippen LogP contribution in [0.4, 0.5) is 0 Å². The molecule has 0 atom stereocenters. The summed E-state index contributed by atoms with van der Waals surface area (Å²) in [5.74, 6) is -0.998. The fraction of sp³-hybridized carbons (Fsp3) is 0.467. The molecule has 0 saturated heterocycles. The van der Waals surface area contributed by atoms with E-state index in [4.69, 9.17) is 10.3 Å². The molecule has 3 N–H and O–H groups in total. The maximum absolute atomic E-state index is 11.6. The summed E-state index contributed by atoms with van der Waals surface area (Å²) in [5.41, 5.74) is 8.84. The lowest BCUT2D eigenvalue weighted by molar-refractivity contribution is -0.143. The molecule has 130 valence electrons. The molecule has 0 radical (unpaired) electrons. The highest BCUT2D eigenvalue weighted by Crippen LogP contribution is 2.24. The Balaban J connectivity index is 2.12. The maximum Gasteiger partial charge on any atom is 0.305 e. The first-order valence-electron chi connectivity index (χ1n) is 7.47. The maximum atomic E-state index is 11.6. The molecular weight excluding hydrogens is 316 g/mol. The van der Waals surface area contributed by atoms with Crippen molar-refractivity contribution < 1.29 is 24.5 Å². The van der Waals surface area contributed by atoms with Crippen LogP contribution in [0, 0.1) is 0 Å². The summed E-state index contributed by atoms with van der Waals surface area (Å²) in [4.78, 5) is 25.5. The van der Waals surface area contributed by atoms with Crippen molar-refractivity contribution >= 4 is 11.9 Å². The number of hydrogen-bond acceptors (Lipinski definition) is 6.